The van der Waals surface area contributed by atoms with E-state index in [-0.39, 0.29) is 35.8 Å². The Kier molecular flexibility index (Phi) is 10.3. The van der Waals surface area contributed by atoms with Crippen molar-refractivity contribution in [3.05, 3.63) is 57.8 Å². The average Bonchev–Trinajstić information content (AvgIpc) is 3.06. The van der Waals surface area contributed by atoms with Crippen molar-refractivity contribution in [1.82, 2.24) is 10.0 Å². The Hall–Kier alpha value is -1.17. The summed E-state index contributed by atoms with van der Waals surface area (Å²) in [5.74, 6) is 0.385. The molecule has 0 spiro atoms. The molecule has 6 nitrogen and oxygen atoms in total. The van der Waals surface area contributed by atoms with Crippen LogP contribution in [0, 0.1) is 0 Å². The second kappa shape index (κ2) is 11.6. The molecule has 0 aliphatic carbocycles. The number of aliphatic imine (C=N–C) groups is 1. The van der Waals surface area contributed by atoms with Gasteiger partial charge in [0.15, 0.2) is 5.96 Å². The lowest BCUT2D eigenvalue weighted by atomic mass is 10.1. The van der Waals surface area contributed by atoms with Gasteiger partial charge in [-0.15, -0.1) is 35.3 Å². The molecule has 2 aromatic rings. The van der Waals surface area contributed by atoms with Gasteiger partial charge < -0.3 is 11.1 Å². The number of guanidine groups is 1. The highest BCUT2D eigenvalue weighted by molar-refractivity contribution is 14.0. The third-order valence-corrected chi connectivity index (χ3v) is 5.96. The maximum atomic E-state index is 11.9. The van der Waals surface area contributed by atoms with E-state index in [4.69, 9.17) is 5.73 Å². The molecule has 4 N–H and O–H groups in total. The summed E-state index contributed by atoms with van der Waals surface area (Å²) in [4.78, 5) is 5.62. The number of benzene rings is 1. The van der Waals surface area contributed by atoms with Crippen LogP contribution in [0.25, 0.3) is 0 Å². The van der Waals surface area contributed by atoms with Crippen molar-refractivity contribution in [2.75, 3.05) is 6.54 Å². The molecule has 0 aliphatic rings. The van der Waals surface area contributed by atoms with Crippen molar-refractivity contribution >= 4 is 51.3 Å². The fourth-order valence-corrected chi connectivity index (χ4v) is 4.50. The van der Waals surface area contributed by atoms with Gasteiger partial charge in [0, 0.05) is 17.5 Å². The number of nitrogens with two attached hydrogens (primary N) is 1. The highest BCUT2D eigenvalue weighted by atomic mass is 127. The fourth-order valence-electron chi connectivity index (χ4n) is 2.36. The van der Waals surface area contributed by atoms with Gasteiger partial charge >= 0.3 is 0 Å². The largest absolute Gasteiger partial charge is 0.370 e. The van der Waals surface area contributed by atoms with Gasteiger partial charge in [-0.1, -0.05) is 30.3 Å². The number of halogens is 1. The second-order valence-corrected chi connectivity index (χ2v) is 9.09. The molecule has 27 heavy (non-hydrogen) atoms. The van der Waals surface area contributed by atoms with Gasteiger partial charge in [0.1, 0.15) is 0 Å². The predicted molar refractivity (Wildman–Crippen MR) is 124 cm³/mol. The molecular formula is C18H27IN4O2S2. The van der Waals surface area contributed by atoms with Gasteiger partial charge in [-0.2, -0.15) is 0 Å². The Morgan fingerprint density at radius 3 is 2.44 bits per heavy atom. The minimum absolute atomic E-state index is 0. The topological polar surface area (TPSA) is 96.6 Å². The van der Waals surface area contributed by atoms with Crippen LogP contribution in [0.5, 0.6) is 0 Å². The van der Waals surface area contributed by atoms with E-state index >= 15 is 0 Å². The lowest BCUT2D eigenvalue weighted by Gasteiger charge is -2.09. The molecule has 0 aliphatic heterocycles. The van der Waals surface area contributed by atoms with Crippen LogP contribution in [-0.2, 0) is 28.7 Å². The quantitative estimate of drug-likeness (QED) is 0.268. The molecule has 0 radical (unpaired) electrons. The maximum absolute atomic E-state index is 11.9. The molecular weight excluding hydrogens is 495 g/mol. The zero-order chi connectivity index (χ0) is 19.0. The standard InChI is InChI=1S/C18H26N4O2S2.HI/c1-14(2)22-26(23,24)13-16-7-5-15(6-8-16)12-21-18(19)20-10-9-17-4-3-11-25-17;/h3-8,11,14,22H,9-10,12-13H2,1-2H3,(H3,19,20,21);1H. The van der Waals surface area contributed by atoms with E-state index in [1.807, 2.05) is 30.3 Å². The number of rotatable bonds is 9. The molecule has 1 aromatic heterocycles. The molecule has 0 bridgehead atoms. The van der Waals surface area contributed by atoms with Gasteiger partial charge in [-0.3, -0.25) is 0 Å². The lowest BCUT2D eigenvalue weighted by Crippen LogP contribution is -2.33. The summed E-state index contributed by atoms with van der Waals surface area (Å²) in [6.45, 7) is 4.81. The number of nitrogens with one attached hydrogen (secondary N) is 2. The van der Waals surface area contributed by atoms with E-state index < -0.39 is 10.0 Å². The van der Waals surface area contributed by atoms with Crippen molar-refractivity contribution in [1.29, 1.82) is 0 Å². The van der Waals surface area contributed by atoms with Crippen LogP contribution in [0.4, 0.5) is 0 Å². The Morgan fingerprint density at radius 2 is 1.85 bits per heavy atom. The summed E-state index contributed by atoms with van der Waals surface area (Å²) < 4.78 is 26.5. The second-order valence-electron chi connectivity index (χ2n) is 6.31. The van der Waals surface area contributed by atoms with E-state index in [9.17, 15) is 8.42 Å². The van der Waals surface area contributed by atoms with Crippen LogP contribution >= 0.6 is 35.3 Å². The molecule has 0 atom stereocenters. The van der Waals surface area contributed by atoms with Crippen molar-refractivity contribution in [3.63, 3.8) is 0 Å². The maximum Gasteiger partial charge on any atom is 0.216 e. The fraction of sp³-hybridized carbons (Fsp3) is 0.389. The summed E-state index contributed by atoms with van der Waals surface area (Å²) >= 11 is 1.72. The van der Waals surface area contributed by atoms with Crippen LogP contribution in [0.3, 0.4) is 0 Å². The number of hydrogen-bond donors (Lipinski definition) is 3. The van der Waals surface area contributed by atoms with Crippen molar-refractivity contribution in [2.24, 2.45) is 10.7 Å². The lowest BCUT2D eigenvalue weighted by molar-refractivity contribution is 0.569. The van der Waals surface area contributed by atoms with E-state index in [1.54, 1.807) is 25.2 Å². The summed E-state index contributed by atoms with van der Waals surface area (Å²) in [5.41, 5.74) is 7.60. The van der Waals surface area contributed by atoms with Crippen molar-refractivity contribution in [3.8, 4) is 0 Å². The average molecular weight is 522 g/mol. The molecule has 9 heteroatoms. The molecule has 150 valence electrons. The van der Waals surface area contributed by atoms with Gasteiger partial charge in [0.25, 0.3) is 0 Å². The highest BCUT2D eigenvalue weighted by Gasteiger charge is 2.12. The Bertz CT molecular complexity index is 804. The predicted octanol–water partition coefficient (Wildman–Crippen LogP) is 2.84. The van der Waals surface area contributed by atoms with Crippen molar-refractivity contribution < 1.29 is 8.42 Å². The van der Waals surface area contributed by atoms with Crippen molar-refractivity contribution in [2.45, 2.75) is 38.6 Å². The molecule has 0 amide bonds. The minimum atomic E-state index is -3.31. The Morgan fingerprint density at radius 1 is 1.19 bits per heavy atom. The zero-order valence-corrected chi connectivity index (χ0v) is 19.5. The normalized spacial score (nSPS) is 12.0. The first-order valence-corrected chi connectivity index (χ1v) is 11.0. The number of sulfonamides is 1. The van der Waals surface area contributed by atoms with Gasteiger partial charge in [0.05, 0.1) is 12.3 Å². The van der Waals surface area contributed by atoms with Gasteiger partial charge in [0.2, 0.25) is 10.0 Å². The summed E-state index contributed by atoms with van der Waals surface area (Å²) in [6, 6.07) is 11.4. The highest BCUT2D eigenvalue weighted by Crippen LogP contribution is 2.10. The van der Waals surface area contributed by atoms with Gasteiger partial charge in [-0.05, 0) is 42.8 Å². The molecule has 0 unspecified atom stereocenters. The van der Waals surface area contributed by atoms with E-state index in [0.717, 1.165) is 24.1 Å². The summed E-state index contributed by atoms with van der Waals surface area (Å²) in [5, 5.41) is 5.15. The third kappa shape index (κ3) is 9.54. The van der Waals surface area contributed by atoms with Crippen LogP contribution in [-0.4, -0.2) is 27.0 Å². The number of nitrogens with zero attached hydrogens (tertiary/aromatic N) is 1. The first-order chi connectivity index (χ1) is 12.3. The van der Waals surface area contributed by atoms with E-state index in [2.05, 4.69) is 26.5 Å². The molecule has 2 rings (SSSR count). The first kappa shape index (κ1) is 23.9. The SMILES string of the molecule is CC(C)NS(=O)(=O)Cc1ccc(CN=C(N)NCCc2cccs2)cc1.I. The van der Waals surface area contributed by atoms with Crippen LogP contribution in [0.2, 0.25) is 0 Å². The van der Waals surface area contributed by atoms with E-state index in [1.165, 1.54) is 4.88 Å². The molecule has 1 aromatic carbocycles. The summed E-state index contributed by atoms with van der Waals surface area (Å²) in [6.07, 6.45) is 0.918. The Balaban J connectivity index is 0.00000364. The zero-order valence-electron chi connectivity index (χ0n) is 15.5. The Labute approximate surface area is 182 Å². The molecule has 1 heterocycles. The van der Waals surface area contributed by atoms with E-state index in [0.29, 0.717) is 12.5 Å². The number of thiophene rings is 1. The smallest absolute Gasteiger partial charge is 0.216 e. The third-order valence-electron chi connectivity index (χ3n) is 3.48. The first-order valence-electron chi connectivity index (χ1n) is 8.48. The van der Waals surface area contributed by atoms with Crippen LogP contribution in [0.1, 0.15) is 29.9 Å². The number of hydrogen-bond acceptors (Lipinski definition) is 4. The van der Waals surface area contributed by atoms with Crippen LogP contribution < -0.4 is 15.8 Å². The molecule has 0 fully saturated rings. The monoisotopic (exact) mass is 522 g/mol. The van der Waals surface area contributed by atoms with Crippen LogP contribution in [0.15, 0.2) is 46.8 Å². The minimum Gasteiger partial charge on any atom is -0.370 e. The molecule has 0 saturated heterocycles. The van der Waals surface area contributed by atoms with Gasteiger partial charge in [-0.25, -0.2) is 18.1 Å². The molecule has 0 saturated carbocycles. The summed E-state index contributed by atoms with van der Waals surface area (Å²) in [7, 11) is -3.31.